The zero-order valence-corrected chi connectivity index (χ0v) is 20.2. The van der Waals surface area contributed by atoms with Crippen molar-refractivity contribution in [3.05, 3.63) is 35.9 Å². The number of amides is 1. The Morgan fingerprint density at radius 2 is 1.79 bits per heavy atom. The quantitative estimate of drug-likeness (QED) is 0.233. The van der Waals surface area contributed by atoms with Crippen molar-refractivity contribution in [1.82, 2.24) is 20.9 Å². The molecule has 0 aromatic heterocycles. The number of nitrogens with zero attached hydrogens (tertiary/aromatic N) is 2. The van der Waals surface area contributed by atoms with Gasteiger partial charge in [-0.15, -0.1) is 24.0 Å². The number of aliphatic imine (C=N–C) groups is 1. The molecular formula is C21H38IN5O. The van der Waals surface area contributed by atoms with E-state index < -0.39 is 0 Å². The van der Waals surface area contributed by atoms with Crippen LogP contribution in [0.3, 0.4) is 0 Å². The fourth-order valence-electron chi connectivity index (χ4n) is 2.79. The van der Waals surface area contributed by atoms with Gasteiger partial charge in [0, 0.05) is 19.1 Å². The number of hydrogen-bond donors (Lipinski definition) is 3. The van der Waals surface area contributed by atoms with E-state index in [4.69, 9.17) is 0 Å². The van der Waals surface area contributed by atoms with E-state index in [2.05, 4.69) is 46.6 Å². The first-order valence-corrected chi connectivity index (χ1v) is 10.2. The lowest BCUT2D eigenvalue weighted by Gasteiger charge is -2.21. The smallest absolute Gasteiger partial charge is 0.242 e. The van der Waals surface area contributed by atoms with Crippen LogP contribution in [0.25, 0.3) is 0 Å². The fourth-order valence-corrected chi connectivity index (χ4v) is 2.79. The Balaban J connectivity index is 0.00000729. The predicted molar refractivity (Wildman–Crippen MR) is 129 cm³/mol. The Morgan fingerprint density at radius 3 is 2.39 bits per heavy atom. The zero-order valence-electron chi connectivity index (χ0n) is 17.8. The van der Waals surface area contributed by atoms with Crippen molar-refractivity contribution in [1.29, 1.82) is 0 Å². The molecule has 3 N–H and O–H groups in total. The van der Waals surface area contributed by atoms with E-state index in [0.29, 0.717) is 18.5 Å². The van der Waals surface area contributed by atoms with Crippen LogP contribution < -0.4 is 16.0 Å². The predicted octanol–water partition coefficient (Wildman–Crippen LogP) is 2.99. The summed E-state index contributed by atoms with van der Waals surface area (Å²) in [5, 5.41) is 9.51. The van der Waals surface area contributed by atoms with Gasteiger partial charge in [-0.25, -0.2) is 4.99 Å². The van der Waals surface area contributed by atoms with Crippen molar-refractivity contribution in [3.8, 4) is 0 Å². The van der Waals surface area contributed by atoms with Gasteiger partial charge in [-0.3, -0.25) is 4.79 Å². The first-order valence-electron chi connectivity index (χ1n) is 10.2. The van der Waals surface area contributed by atoms with Crippen LogP contribution in [0.4, 0.5) is 0 Å². The van der Waals surface area contributed by atoms with Gasteiger partial charge in [0.25, 0.3) is 0 Å². The molecule has 160 valence electrons. The van der Waals surface area contributed by atoms with Gasteiger partial charge in [-0.1, -0.05) is 44.2 Å². The fraction of sp³-hybridized carbons (Fsp3) is 0.619. The van der Waals surface area contributed by atoms with E-state index in [1.54, 1.807) is 0 Å². The van der Waals surface area contributed by atoms with Crippen LogP contribution in [0.15, 0.2) is 35.3 Å². The lowest BCUT2D eigenvalue weighted by Crippen LogP contribution is -2.43. The largest absolute Gasteiger partial charge is 0.357 e. The maximum Gasteiger partial charge on any atom is 0.242 e. The maximum absolute atomic E-state index is 12.0. The number of hydrogen-bond acceptors (Lipinski definition) is 3. The van der Waals surface area contributed by atoms with Crippen molar-refractivity contribution < 1.29 is 4.79 Å². The molecule has 0 saturated carbocycles. The number of carbonyl (C=O) groups is 1. The van der Waals surface area contributed by atoms with Crippen molar-refractivity contribution in [2.24, 2.45) is 4.99 Å². The molecule has 28 heavy (non-hydrogen) atoms. The Hall–Kier alpha value is -1.35. The Kier molecular flexibility index (Phi) is 15.8. The van der Waals surface area contributed by atoms with Gasteiger partial charge >= 0.3 is 0 Å². The van der Waals surface area contributed by atoms with Gasteiger partial charge in [0.05, 0.1) is 0 Å². The standard InChI is InChI=1S/C21H37N5O.HI/c1-5-22-21(25-18(4)12-11-15-26(6-2)7-3)24-17-20(27)23-16-19-13-9-8-10-14-19;/h8-10,13-14,18H,5-7,11-12,15-17H2,1-4H3,(H,23,27)(H2,22,24,25);1H. The minimum absolute atomic E-state index is 0. The molecule has 0 aliphatic carbocycles. The van der Waals surface area contributed by atoms with Crippen molar-refractivity contribution >= 4 is 35.8 Å². The van der Waals surface area contributed by atoms with Gasteiger partial charge in [-0.05, 0) is 51.9 Å². The van der Waals surface area contributed by atoms with E-state index in [1.165, 1.54) is 0 Å². The van der Waals surface area contributed by atoms with Gasteiger partial charge < -0.3 is 20.9 Å². The van der Waals surface area contributed by atoms with Crippen molar-refractivity contribution in [2.45, 2.75) is 53.1 Å². The Labute approximate surface area is 188 Å². The van der Waals surface area contributed by atoms with Gasteiger partial charge in [-0.2, -0.15) is 0 Å². The third kappa shape index (κ3) is 12.2. The number of carbonyl (C=O) groups excluding carboxylic acids is 1. The Bertz CT molecular complexity index is 549. The second-order valence-corrected chi connectivity index (χ2v) is 6.67. The molecule has 1 atom stereocenters. The zero-order chi connectivity index (χ0) is 19.9. The summed E-state index contributed by atoms with van der Waals surface area (Å²) in [4.78, 5) is 18.9. The lowest BCUT2D eigenvalue weighted by atomic mass is 10.2. The Morgan fingerprint density at radius 1 is 1.11 bits per heavy atom. The normalized spacial score (nSPS) is 12.2. The summed E-state index contributed by atoms with van der Waals surface area (Å²) in [5.74, 6) is 0.618. The van der Waals surface area contributed by atoms with Crippen LogP contribution in [-0.4, -0.2) is 55.5 Å². The van der Waals surface area contributed by atoms with E-state index in [1.807, 2.05) is 37.3 Å². The van der Waals surface area contributed by atoms with E-state index in [9.17, 15) is 4.79 Å². The van der Waals surface area contributed by atoms with Crippen LogP contribution in [0.2, 0.25) is 0 Å². The molecular weight excluding hydrogens is 465 g/mol. The molecule has 0 aliphatic rings. The molecule has 1 aromatic carbocycles. The molecule has 1 amide bonds. The van der Waals surface area contributed by atoms with Crippen LogP contribution in [0, 0.1) is 0 Å². The monoisotopic (exact) mass is 503 g/mol. The molecule has 0 heterocycles. The first-order chi connectivity index (χ1) is 13.1. The lowest BCUT2D eigenvalue weighted by molar-refractivity contribution is -0.119. The molecule has 1 aromatic rings. The number of guanidine groups is 1. The maximum atomic E-state index is 12.0. The second kappa shape index (κ2) is 16.6. The highest BCUT2D eigenvalue weighted by Crippen LogP contribution is 2.00. The second-order valence-electron chi connectivity index (χ2n) is 6.67. The summed E-state index contributed by atoms with van der Waals surface area (Å²) in [6.45, 7) is 13.3. The number of benzene rings is 1. The molecule has 1 unspecified atom stereocenters. The summed E-state index contributed by atoms with van der Waals surface area (Å²) in [6.07, 6.45) is 2.22. The van der Waals surface area contributed by atoms with Crippen LogP contribution >= 0.6 is 24.0 Å². The van der Waals surface area contributed by atoms with Crippen LogP contribution in [0.1, 0.15) is 46.1 Å². The average Bonchev–Trinajstić information content (AvgIpc) is 2.69. The molecule has 0 saturated heterocycles. The highest BCUT2D eigenvalue weighted by Gasteiger charge is 2.07. The topological polar surface area (TPSA) is 68.8 Å². The molecule has 6 nitrogen and oxygen atoms in total. The molecule has 0 spiro atoms. The minimum Gasteiger partial charge on any atom is -0.357 e. The highest BCUT2D eigenvalue weighted by molar-refractivity contribution is 14.0. The van der Waals surface area contributed by atoms with Crippen LogP contribution in [0.5, 0.6) is 0 Å². The van der Waals surface area contributed by atoms with Crippen molar-refractivity contribution in [2.75, 3.05) is 32.7 Å². The molecule has 0 fully saturated rings. The summed E-state index contributed by atoms with van der Waals surface area (Å²) in [5.41, 5.74) is 1.08. The van der Waals surface area contributed by atoms with Gasteiger partial charge in [0.2, 0.25) is 5.91 Å². The van der Waals surface area contributed by atoms with Crippen LogP contribution in [-0.2, 0) is 11.3 Å². The average molecular weight is 503 g/mol. The SMILES string of the molecule is CCNC(=NCC(=O)NCc1ccccc1)NC(C)CCCN(CC)CC.I. The molecule has 0 aliphatic heterocycles. The molecule has 0 bridgehead atoms. The first kappa shape index (κ1) is 26.6. The van der Waals surface area contributed by atoms with E-state index in [-0.39, 0.29) is 36.4 Å². The molecule has 1 rings (SSSR count). The third-order valence-corrected chi connectivity index (χ3v) is 4.45. The third-order valence-electron chi connectivity index (χ3n) is 4.45. The summed E-state index contributed by atoms with van der Waals surface area (Å²) < 4.78 is 0. The number of rotatable bonds is 12. The number of halogens is 1. The molecule has 7 heteroatoms. The van der Waals surface area contributed by atoms with E-state index >= 15 is 0 Å². The van der Waals surface area contributed by atoms with Gasteiger partial charge in [0.15, 0.2) is 5.96 Å². The summed E-state index contributed by atoms with van der Waals surface area (Å²) >= 11 is 0. The highest BCUT2D eigenvalue weighted by atomic mass is 127. The summed E-state index contributed by atoms with van der Waals surface area (Å²) in [6, 6.07) is 10.2. The van der Waals surface area contributed by atoms with Gasteiger partial charge in [0.1, 0.15) is 6.54 Å². The molecule has 0 radical (unpaired) electrons. The van der Waals surface area contributed by atoms with E-state index in [0.717, 1.165) is 44.6 Å². The summed E-state index contributed by atoms with van der Waals surface area (Å²) in [7, 11) is 0. The minimum atomic E-state index is -0.0785. The van der Waals surface area contributed by atoms with Crippen molar-refractivity contribution in [3.63, 3.8) is 0 Å². The number of nitrogens with one attached hydrogen (secondary N) is 3.